The second-order valence-electron chi connectivity index (χ2n) is 5.95. The Balaban J connectivity index is 1.52. The van der Waals surface area contributed by atoms with Crippen LogP contribution in [0.25, 0.3) is 15.7 Å². The number of aromatic nitrogens is 2. The minimum Gasteiger partial charge on any atom is -0.348 e. The summed E-state index contributed by atoms with van der Waals surface area (Å²) in [4.78, 5) is 17.6. The molecule has 1 amide bonds. The van der Waals surface area contributed by atoms with Gasteiger partial charge in [-0.3, -0.25) is 9.20 Å². The summed E-state index contributed by atoms with van der Waals surface area (Å²) < 4.78 is 1.94. The van der Waals surface area contributed by atoms with Crippen LogP contribution in [0.3, 0.4) is 0 Å². The normalized spacial score (nSPS) is 12.5. The molecule has 0 saturated carbocycles. The fourth-order valence-electron chi connectivity index (χ4n) is 3.01. The Labute approximate surface area is 149 Å². The topological polar surface area (TPSA) is 72.4 Å². The highest BCUT2D eigenvalue weighted by Gasteiger charge is 2.15. The first-order valence-corrected chi connectivity index (χ1v) is 9.00. The van der Waals surface area contributed by atoms with E-state index in [0.29, 0.717) is 13.0 Å². The van der Waals surface area contributed by atoms with Gasteiger partial charge in [0.05, 0.1) is 12.5 Å². The van der Waals surface area contributed by atoms with Gasteiger partial charge in [0, 0.05) is 30.0 Å². The average molecular weight is 350 g/mol. The summed E-state index contributed by atoms with van der Waals surface area (Å²) >= 11 is 1.53. The zero-order valence-electron chi connectivity index (χ0n) is 13.6. The number of fused-ring (bicyclic) bond motifs is 2. The molecule has 25 heavy (non-hydrogen) atoms. The molecule has 0 bridgehead atoms. The number of carbonyl (C=O) groups excluding carboxylic acids is 1. The van der Waals surface area contributed by atoms with Gasteiger partial charge in [-0.25, -0.2) is 4.98 Å². The second kappa shape index (κ2) is 6.66. The number of nitrogens with zero attached hydrogens (tertiary/aromatic N) is 2. The first-order chi connectivity index (χ1) is 12.2. The number of hydrogen-bond acceptors (Lipinski definition) is 4. The summed E-state index contributed by atoms with van der Waals surface area (Å²) in [5.41, 5.74) is 7.87. The molecule has 0 aliphatic carbocycles. The minimum absolute atomic E-state index is 0.0444. The molecular formula is C19H18N4OS. The first-order valence-electron chi connectivity index (χ1n) is 8.12. The highest BCUT2D eigenvalue weighted by molar-refractivity contribution is 7.15. The number of nitrogens with one attached hydrogen (secondary N) is 1. The third-order valence-corrected chi connectivity index (χ3v) is 5.21. The van der Waals surface area contributed by atoms with Crippen LogP contribution in [-0.2, 0) is 11.2 Å². The van der Waals surface area contributed by atoms with Crippen LogP contribution in [0.2, 0.25) is 0 Å². The number of imidazole rings is 1. The van der Waals surface area contributed by atoms with E-state index < -0.39 is 0 Å². The van der Waals surface area contributed by atoms with Crippen molar-refractivity contribution in [2.24, 2.45) is 5.73 Å². The summed E-state index contributed by atoms with van der Waals surface area (Å²) in [6, 6.07) is 14.1. The number of carbonyl (C=O) groups is 1. The molecule has 0 aliphatic heterocycles. The van der Waals surface area contributed by atoms with Crippen LogP contribution in [0.4, 0.5) is 0 Å². The molecule has 2 aromatic carbocycles. The summed E-state index contributed by atoms with van der Waals surface area (Å²) in [5.74, 6) is -0.0444. The van der Waals surface area contributed by atoms with Crippen molar-refractivity contribution in [3.05, 3.63) is 71.5 Å². The van der Waals surface area contributed by atoms with Gasteiger partial charge in [0.15, 0.2) is 4.96 Å². The van der Waals surface area contributed by atoms with Crippen molar-refractivity contribution in [2.75, 3.05) is 6.54 Å². The molecule has 0 spiro atoms. The fraction of sp³-hybridized carbons (Fsp3) is 0.158. The zero-order chi connectivity index (χ0) is 17.2. The molecule has 0 saturated heterocycles. The van der Waals surface area contributed by atoms with Gasteiger partial charge in [-0.2, -0.15) is 0 Å². The van der Waals surface area contributed by atoms with Gasteiger partial charge in [0.1, 0.15) is 0 Å². The number of rotatable bonds is 5. The van der Waals surface area contributed by atoms with E-state index in [1.807, 2.05) is 34.2 Å². The van der Waals surface area contributed by atoms with E-state index in [0.717, 1.165) is 21.6 Å². The molecule has 0 radical (unpaired) electrons. The van der Waals surface area contributed by atoms with Crippen molar-refractivity contribution < 1.29 is 4.79 Å². The van der Waals surface area contributed by atoms with Gasteiger partial charge in [0.2, 0.25) is 5.91 Å². The Hall–Kier alpha value is -2.70. The van der Waals surface area contributed by atoms with E-state index in [1.54, 1.807) is 6.20 Å². The minimum atomic E-state index is -0.200. The lowest BCUT2D eigenvalue weighted by atomic mass is 10.0. The summed E-state index contributed by atoms with van der Waals surface area (Å²) in [7, 11) is 0. The van der Waals surface area contributed by atoms with Gasteiger partial charge in [0.25, 0.3) is 0 Å². The lowest BCUT2D eigenvalue weighted by Gasteiger charge is -2.18. The van der Waals surface area contributed by atoms with Crippen LogP contribution in [0.1, 0.15) is 17.3 Å². The van der Waals surface area contributed by atoms with Crippen molar-refractivity contribution in [2.45, 2.75) is 12.5 Å². The number of hydrogen-bond donors (Lipinski definition) is 2. The zero-order valence-corrected chi connectivity index (χ0v) is 14.4. The molecule has 4 aromatic rings. The SMILES string of the molecule is NCC(NC(=O)Cc1csc2nccn12)c1ccc2ccccc2c1. The molecule has 1 unspecified atom stereocenters. The molecule has 5 nitrogen and oxygen atoms in total. The van der Waals surface area contributed by atoms with Crippen LogP contribution in [-0.4, -0.2) is 21.8 Å². The molecule has 3 N–H and O–H groups in total. The molecule has 2 heterocycles. The first kappa shape index (κ1) is 15.8. The van der Waals surface area contributed by atoms with Gasteiger partial charge < -0.3 is 11.1 Å². The highest BCUT2D eigenvalue weighted by Crippen LogP contribution is 2.20. The number of amides is 1. The lowest BCUT2D eigenvalue weighted by Crippen LogP contribution is -2.34. The second-order valence-corrected chi connectivity index (χ2v) is 6.78. The Morgan fingerprint density at radius 2 is 2.08 bits per heavy atom. The predicted octanol–water partition coefficient (Wildman–Crippen LogP) is 2.91. The smallest absolute Gasteiger partial charge is 0.226 e. The van der Waals surface area contributed by atoms with E-state index in [2.05, 4.69) is 34.6 Å². The van der Waals surface area contributed by atoms with Gasteiger partial charge in [-0.15, -0.1) is 11.3 Å². The largest absolute Gasteiger partial charge is 0.348 e. The highest BCUT2D eigenvalue weighted by atomic mass is 32.1. The molecule has 0 aliphatic rings. The maximum absolute atomic E-state index is 12.5. The lowest BCUT2D eigenvalue weighted by molar-refractivity contribution is -0.121. The summed E-state index contributed by atoms with van der Waals surface area (Å²) in [6.45, 7) is 0.355. The van der Waals surface area contributed by atoms with Crippen LogP contribution in [0, 0.1) is 0 Å². The van der Waals surface area contributed by atoms with Crippen LogP contribution in [0.5, 0.6) is 0 Å². The molecule has 1 atom stereocenters. The van der Waals surface area contributed by atoms with E-state index in [1.165, 1.54) is 16.7 Å². The molecule has 126 valence electrons. The third-order valence-electron chi connectivity index (χ3n) is 4.31. The van der Waals surface area contributed by atoms with Crippen molar-refractivity contribution in [3.8, 4) is 0 Å². The van der Waals surface area contributed by atoms with Gasteiger partial charge in [-0.05, 0) is 22.4 Å². The fourth-order valence-corrected chi connectivity index (χ4v) is 3.86. The predicted molar refractivity (Wildman–Crippen MR) is 101 cm³/mol. The Morgan fingerprint density at radius 1 is 1.24 bits per heavy atom. The third kappa shape index (κ3) is 3.14. The summed E-state index contributed by atoms with van der Waals surface area (Å²) in [6.07, 6.45) is 3.92. The van der Waals surface area contributed by atoms with Crippen LogP contribution < -0.4 is 11.1 Å². The number of benzene rings is 2. The van der Waals surface area contributed by atoms with Crippen molar-refractivity contribution in [1.29, 1.82) is 0 Å². The monoisotopic (exact) mass is 350 g/mol. The maximum Gasteiger partial charge on any atom is 0.226 e. The van der Waals surface area contributed by atoms with Crippen molar-refractivity contribution in [1.82, 2.24) is 14.7 Å². The molecule has 4 rings (SSSR count). The Morgan fingerprint density at radius 3 is 2.92 bits per heavy atom. The Kier molecular flexibility index (Phi) is 4.21. The number of thiazole rings is 1. The van der Waals surface area contributed by atoms with E-state index >= 15 is 0 Å². The molecule has 2 aromatic heterocycles. The van der Waals surface area contributed by atoms with Gasteiger partial charge in [-0.1, -0.05) is 36.4 Å². The molecular weight excluding hydrogens is 332 g/mol. The maximum atomic E-state index is 12.5. The van der Waals surface area contributed by atoms with Gasteiger partial charge >= 0.3 is 0 Å². The standard InChI is InChI=1S/C19H18N4OS/c20-11-17(15-6-5-13-3-1-2-4-14(13)9-15)22-18(24)10-16-12-25-19-21-7-8-23(16)19/h1-9,12,17H,10-11,20H2,(H,22,24). The van der Waals surface area contributed by atoms with E-state index in [9.17, 15) is 4.79 Å². The number of nitrogens with two attached hydrogens (primary N) is 1. The van der Waals surface area contributed by atoms with Crippen molar-refractivity contribution in [3.63, 3.8) is 0 Å². The van der Waals surface area contributed by atoms with Crippen molar-refractivity contribution >= 4 is 33.0 Å². The quantitative estimate of drug-likeness (QED) is 0.581. The van der Waals surface area contributed by atoms with E-state index in [4.69, 9.17) is 5.73 Å². The van der Waals surface area contributed by atoms with E-state index in [-0.39, 0.29) is 11.9 Å². The Bertz CT molecular complexity index is 1040. The van der Waals surface area contributed by atoms with Crippen LogP contribution >= 0.6 is 11.3 Å². The van der Waals surface area contributed by atoms with Crippen LogP contribution in [0.15, 0.2) is 60.2 Å². The average Bonchev–Trinajstić information content (AvgIpc) is 3.24. The molecule has 6 heteroatoms. The summed E-state index contributed by atoms with van der Waals surface area (Å²) in [5, 5.41) is 7.34. The molecule has 0 fully saturated rings.